The first kappa shape index (κ1) is 8.69. The molecule has 0 aliphatic carbocycles. The Bertz CT molecular complexity index is 480. The summed E-state index contributed by atoms with van der Waals surface area (Å²) < 4.78 is 5.00. The average molecular weight is 187 g/mol. The van der Waals surface area contributed by atoms with Crippen LogP contribution < -0.4 is 4.74 Å². The van der Waals surface area contributed by atoms with Gasteiger partial charge in [0.15, 0.2) is 6.29 Å². The Labute approximate surface area is 81.3 Å². The fourth-order valence-corrected chi connectivity index (χ4v) is 1.36. The van der Waals surface area contributed by atoms with Gasteiger partial charge in [0.2, 0.25) is 5.88 Å². The molecule has 2 aromatic rings. The Kier molecular flexibility index (Phi) is 2.14. The van der Waals surface area contributed by atoms with E-state index in [0.29, 0.717) is 11.4 Å². The van der Waals surface area contributed by atoms with Gasteiger partial charge in [0.1, 0.15) is 0 Å². The van der Waals surface area contributed by atoms with Crippen molar-refractivity contribution >= 4 is 17.2 Å². The van der Waals surface area contributed by atoms with Crippen molar-refractivity contribution in [3.05, 3.63) is 35.9 Å². The fourth-order valence-electron chi connectivity index (χ4n) is 1.36. The zero-order valence-corrected chi connectivity index (χ0v) is 7.73. The van der Waals surface area contributed by atoms with E-state index in [1.165, 1.54) is 7.11 Å². The van der Waals surface area contributed by atoms with Crippen LogP contribution in [0.25, 0.3) is 10.9 Å². The first-order valence-electron chi connectivity index (χ1n) is 4.24. The van der Waals surface area contributed by atoms with Crippen molar-refractivity contribution in [3.8, 4) is 5.88 Å². The molecule has 1 aromatic heterocycles. The first-order chi connectivity index (χ1) is 6.85. The van der Waals surface area contributed by atoms with Gasteiger partial charge in [0.05, 0.1) is 18.2 Å². The van der Waals surface area contributed by atoms with E-state index >= 15 is 0 Å². The van der Waals surface area contributed by atoms with Gasteiger partial charge in [-0.1, -0.05) is 18.2 Å². The molecule has 3 heteroatoms. The highest BCUT2D eigenvalue weighted by Gasteiger charge is 2.05. The topological polar surface area (TPSA) is 39.2 Å². The number of fused-ring (bicyclic) bond motifs is 1. The normalized spacial score (nSPS) is 10.1. The van der Waals surface area contributed by atoms with Gasteiger partial charge in [0.25, 0.3) is 0 Å². The van der Waals surface area contributed by atoms with Gasteiger partial charge in [-0.25, -0.2) is 4.98 Å². The quantitative estimate of drug-likeness (QED) is 0.675. The summed E-state index contributed by atoms with van der Waals surface area (Å²) in [6.07, 6.45) is 0.748. The van der Waals surface area contributed by atoms with Gasteiger partial charge >= 0.3 is 0 Å². The summed E-state index contributed by atoms with van der Waals surface area (Å²) in [4.78, 5) is 14.9. The second-order valence-electron chi connectivity index (χ2n) is 2.90. The van der Waals surface area contributed by atoms with Gasteiger partial charge in [-0.3, -0.25) is 4.79 Å². The number of aldehydes is 1. The smallest absolute Gasteiger partial charge is 0.224 e. The van der Waals surface area contributed by atoms with Gasteiger partial charge in [-0.2, -0.15) is 0 Å². The predicted molar refractivity (Wildman–Crippen MR) is 53.7 cm³/mol. The monoisotopic (exact) mass is 187 g/mol. The lowest BCUT2D eigenvalue weighted by Crippen LogP contribution is -1.94. The first-order valence-corrected chi connectivity index (χ1v) is 4.24. The number of para-hydroxylation sites is 1. The lowest BCUT2D eigenvalue weighted by atomic mass is 10.1. The number of benzene rings is 1. The highest BCUT2D eigenvalue weighted by molar-refractivity contribution is 5.88. The Morgan fingerprint density at radius 3 is 2.86 bits per heavy atom. The number of pyridine rings is 1. The van der Waals surface area contributed by atoms with Crippen molar-refractivity contribution in [1.29, 1.82) is 0 Å². The van der Waals surface area contributed by atoms with E-state index in [2.05, 4.69) is 4.98 Å². The standard InChI is InChI=1S/C11H9NO2/c1-14-11-9(7-13)6-8-4-2-3-5-10(8)12-11/h2-7H,1H3. The summed E-state index contributed by atoms with van der Waals surface area (Å²) in [5.41, 5.74) is 1.31. The van der Waals surface area contributed by atoms with Gasteiger partial charge in [-0.15, -0.1) is 0 Å². The molecule has 0 N–H and O–H groups in total. The van der Waals surface area contributed by atoms with Crippen molar-refractivity contribution in [2.45, 2.75) is 0 Å². The summed E-state index contributed by atoms with van der Waals surface area (Å²) >= 11 is 0. The molecule has 0 saturated carbocycles. The average Bonchev–Trinajstić information content (AvgIpc) is 2.27. The fraction of sp³-hybridized carbons (Fsp3) is 0.0909. The summed E-state index contributed by atoms with van der Waals surface area (Å²) in [6, 6.07) is 9.37. The molecular formula is C11H9NO2. The molecule has 0 radical (unpaired) electrons. The summed E-state index contributed by atoms with van der Waals surface area (Å²) in [6.45, 7) is 0. The third kappa shape index (κ3) is 1.33. The highest BCUT2D eigenvalue weighted by atomic mass is 16.5. The second-order valence-corrected chi connectivity index (χ2v) is 2.90. The number of methoxy groups -OCH3 is 1. The molecular weight excluding hydrogens is 178 g/mol. The Morgan fingerprint density at radius 2 is 2.14 bits per heavy atom. The van der Waals surface area contributed by atoms with Crippen LogP contribution >= 0.6 is 0 Å². The van der Waals surface area contributed by atoms with Crippen LogP contribution in [0.4, 0.5) is 0 Å². The molecule has 0 aliphatic heterocycles. The summed E-state index contributed by atoms with van der Waals surface area (Å²) in [7, 11) is 1.50. The summed E-state index contributed by atoms with van der Waals surface area (Å²) in [5, 5.41) is 0.940. The number of rotatable bonds is 2. The van der Waals surface area contributed by atoms with Crippen molar-refractivity contribution in [2.75, 3.05) is 7.11 Å². The minimum atomic E-state index is 0.374. The number of carbonyl (C=O) groups excluding carboxylic acids is 1. The number of carbonyl (C=O) groups is 1. The molecule has 0 amide bonds. The maximum absolute atomic E-state index is 10.7. The number of ether oxygens (including phenoxy) is 1. The molecule has 0 atom stereocenters. The second kappa shape index (κ2) is 3.46. The minimum Gasteiger partial charge on any atom is -0.480 e. The lowest BCUT2D eigenvalue weighted by Gasteiger charge is -2.03. The molecule has 0 saturated heterocycles. The van der Waals surface area contributed by atoms with Gasteiger partial charge < -0.3 is 4.74 Å². The van der Waals surface area contributed by atoms with Crippen LogP contribution in [-0.4, -0.2) is 18.4 Å². The molecule has 1 heterocycles. The molecule has 0 aliphatic rings. The van der Waals surface area contributed by atoms with E-state index in [0.717, 1.165) is 17.2 Å². The molecule has 70 valence electrons. The maximum atomic E-state index is 10.7. The van der Waals surface area contributed by atoms with Crippen LogP contribution in [0.3, 0.4) is 0 Å². The summed E-state index contributed by atoms with van der Waals surface area (Å²) in [5.74, 6) is 0.374. The SMILES string of the molecule is COc1nc2ccccc2cc1C=O. The predicted octanol–water partition coefficient (Wildman–Crippen LogP) is 2.06. The van der Waals surface area contributed by atoms with E-state index < -0.39 is 0 Å². The minimum absolute atomic E-state index is 0.374. The Morgan fingerprint density at radius 1 is 1.36 bits per heavy atom. The van der Waals surface area contributed by atoms with Crippen LogP contribution in [0.15, 0.2) is 30.3 Å². The van der Waals surface area contributed by atoms with Gasteiger partial charge in [0, 0.05) is 5.39 Å². The van der Waals surface area contributed by atoms with E-state index in [1.54, 1.807) is 6.07 Å². The third-order valence-corrected chi connectivity index (χ3v) is 2.04. The Hall–Kier alpha value is -1.90. The molecule has 0 bridgehead atoms. The number of aromatic nitrogens is 1. The van der Waals surface area contributed by atoms with E-state index in [9.17, 15) is 4.79 Å². The van der Waals surface area contributed by atoms with Crippen LogP contribution in [0, 0.1) is 0 Å². The van der Waals surface area contributed by atoms with Crippen molar-refractivity contribution < 1.29 is 9.53 Å². The van der Waals surface area contributed by atoms with Crippen molar-refractivity contribution in [1.82, 2.24) is 4.98 Å². The van der Waals surface area contributed by atoms with Crippen LogP contribution in [-0.2, 0) is 0 Å². The third-order valence-electron chi connectivity index (χ3n) is 2.04. The van der Waals surface area contributed by atoms with Crippen molar-refractivity contribution in [2.24, 2.45) is 0 Å². The molecule has 0 fully saturated rings. The largest absolute Gasteiger partial charge is 0.480 e. The molecule has 0 unspecified atom stereocenters. The molecule has 14 heavy (non-hydrogen) atoms. The molecule has 0 spiro atoms. The van der Waals surface area contributed by atoms with Crippen LogP contribution in [0.1, 0.15) is 10.4 Å². The number of nitrogens with zero attached hydrogens (tertiary/aromatic N) is 1. The lowest BCUT2D eigenvalue weighted by molar-refractivity contribution is 0.112. The van der Waals surface area contributed by atoms with E-state index in [4.69, 9.17) is 4.74 Å². The van der Waals surface area contributed by atoms with Crippen LogP contribution in [0.2, 0.25) is 0 Å². The molecule has 3 nitrogen and oxygen atoms in total. The van der Waals surface area contributed by atoms with E-state index in [-0.39, 0.29) is 0 Å². The van der Waals surface area contributed by atoms with Crippen molar-refractivity contribution in [3.63, 3.8) is 0 Å². The number of hydrogen-bond acceptors (Lipinski definition) is 3. The number of hydrogen-bond donors (Lipinski definition) is 0. The Balaban J connectivity index is 2.75. The van der Waals surface area contributed by atoms with Gasteiger partial charge in [-0.05, 0) is 12.1 Å². The van der Waals surface area contributed by atoms with E-state index in [1.807, 2.05) is 24.3 Å². The molecule has 2 rings (SSSR count). The highest BCUT2D eigenvalue weighted by Crippen LogP contribution is 2.20. The maximum Gasteiger partial charge on any atom is 0.224 e. The zero-order valence-electron chi connectivity index (χ0n) is 7.73. The molecule has 1 aromatic carbocycles. The zero-order chi connectivity index (χ0) is 9.97. The van der Waals surface area contributed by atoms with Crippen LogP contribution in [0.5, 0.6) is 5.88 Å².